The monoisotopic (exact) mass is 344 g/mol. The molecule has 0 aliphatic carbocycles. The van der Waals surface area contributed by atoms with E-state index in [4.69, 9.17) is 4.74 Å². The van der Waals surface area contributed by atoms with Gasteiger partial charge in [0.1, 0.15) is 23.1 Å². The number of phenols is 1. The zero-order chi connectivity index (χ0) is 18.5. The van der Waals surface area contributed by atoms with Crippen LogP contribution in [-0.4, -0.2) is 18.1 Å². The Labute approximate surface area is 150 Å². The van der Waals surface area contributed by atoms with Crippen molar-refractivity contribution in [2.24, 2.45) is 0 Å². The normalized spacial score (nSPS) is 11.0. The topological polar surface area (TPSA) is 82.3 Å². The van der Waals surface area contributed by atoms with Crippen molar-refractivity contribution in [1.82, 2.24) is 0 Å². The van der Waals surface area contributed by atoms with Gasteiger partial charge in [-0.25, -0.2) is 0 Å². The number of hydrogen-bond acceptors (Lipinski definition) is 4. The number of nitrogens with one attached hydrogen (secondary N) is 1. The molecule has 1 amide bonds. The third kappa shape index (κ3) is 3.50. The van der Waals surface area contributed by atoms with Crippen LogP contribution >= 0.6 is 0 Å². The fourth-order valence-electron chi connectivity index (χ4n) is 2.60. The molecule has 0 fully saturated rings. The molecule has 0 heterocycles. The summed E-state index contributed by atoms with van der Waals surface area (Å²) in [5.41, 5.74) is 0.871. The van der Waals surface area contributed by atoms with Crippen LogP contribution in [0.25, 0.3) is 16.8 Å². The molecule has 2 N–H and O–H groups in total. The lowest BCUT2D eigenvalue weighted by atomic mass is 10.0. The summed E-state index contributed by atoms with van der Waals surface area (Å²) in [4.78, 5) is 12.4. The molecule has 0 saturated carbocycles. The van der Waals surface area contributed by atoms with Gasteiger partial charge in [-0.3, -0.25) is 4.79 Å². The average molecular weight is 344 g/mol. The van der Waals surface area contributed by atoms with Crippen molar-refractivity contribution in [2.45, 2.75) is 0 Å². The van der Waals surface area contributed by atoms with Crippen LogP contribution in [0.15, 0.2) is 66.2 Å². The van der Waals surface area contributed by atoms with E-state index in [0.29, 0.717) is 17.0 Å². The molecule has 0 aromatic heterocycles. The Balaban J connectivity index is 1.94. The van der Waals surface area contributed by atoms with E-state index in [1.807, 2.05) is 30.3 Å². The Morgan fingerprint density at radius 3 is 2.54 bits per heavy atom. The highest BCUT2D eigenvalue weighted by molar-refractivity contribution is 6.11. The Bertz CT molecular complexity index is 1030. The number of nitrogens with zero attached hydrogens (tertiary/aromatic N) is 1. The Morgan fingerprint density at radius 1 is 1.12 bits per heavy atom. The molecule has 0 aliphatic heterocycles. The maximum Gasteiger partial charge on any atom is 0.266 e. The van der Waals surface area contributed by atoms with Gasteiger partial charge in [-0.05, 0) is 47.2 Å². The van der Waals surface area contributed by atoms with E-state index in [2.05, 4.69) is 5.32 Å². The van der Waals surface area contributed by atoms with Crippen LogP contribution in [-0.2, 0) is 4.79 Å². The predicted molar refractivity (Wildman–Crippen MR) is 101 cm³/mol. The molecule has 5 nitrogen and oxygen atoms in total. The molecular formula is C21H16N2O3. The fraction of sp³-hybridized carbons (Fsp3) is 0.0476. The number of hydrogen-bond donors (Lipinski definition) is 2. The first-order chi connectivity index (χ1) is 12.6. The average Bonchev–Trinajstić information content (AvgIpc) is 2.68. The van der Waals surface area contributed by atoms with Crippen LogP contribution in [0.2, 0.25) is 0 Å². The quantitative estimate of drug-likeness (QED) is 0.551. The van der Waals surface area contributed by atoms with Gasteiger partial charge in [0.05, 0.1) is 7.11 Å². The molecule has 0 radical (unpaired) electrons. The van der Waals surface area contributed by atoms with Crippen LogP contribution in [0, 0.1) is 11.3 Å². The first kappa shape index (κ1) is 17.1. The SMILES string of the molecule is COc1ccc(NC(=O)/C(C#N)=C\c2c(O)ccc3ccccc23)cc1. The predicted octanol–water partition coefficient (Wildman–Crippen LogP) is 4.10. The van der Waals surface area contributed by atoms with Crippen LogP contribution in [0.3, 0.4) is 0 Å². The van der Waals surface area contributed by atoms with Crippen molar-refractivity contribution < 1.29 is 14.6 Å². The minimum Gasteiger partial charge on any atom is -0.507 e. The van der Waals surface area contributed by atoms with Gasteiger partial charge in [-0.15, -0.1) is 0 Å². The number of methoxy groups -OCH3 is 1. The number of rotatable bonds is 4. The molecule has 3 aromatic carbocycles. The second-order valence-corrected chi connectivity index (χ2v) is 5.57. The van der Waals surface area contributed by atoms with Gasteiger partial charge in [0, 0.05) is 11.3 Å². The summed E-state index contributed by atoms with van der Waals surface area (Å²) in [7, 11) is 1.56. The van der Waals surface area contributed by atoms with Gasteiger partial charge in [-0.2, -0.15) is 5.26 Å². The minimum absolute atomic E-state index is 0.00805. The van der Waals surface area contributed by atoms with Gasteiger partial charge >= 0.3 is 0 Å². The molecular weight excluding hydrogens is 328 g/mol. The smallest absolute Gasteiger partial charge is 0.266 e. The van der Waals surface area contributed by atoms with Crippen LogP contribution in [0.1, 0.15) is 5.56 Å². The number of phenolic OH excluding ortho intramolecular Hbond substituents is 1. The lowest BCUT2D eigenvalue weighted by molar-refractivity contribution is -0.112. The van der Waals surface area contributed by atoms with E-state index < -0.39 is 5.91 Å². The Morgan fingerprint density at radius 2 is 1.85 bits per heavy atom. The molecule has 0 spiro atoms. The van der Waals surface area contributed by atoms with Crippen molar-refractivity contribution in [2.75, 3.05) is 12.4 Å². The standard InChI is InChI=1S/C21H16N2O3/c1-26-17-9-7-16(8-10-17)23-21(25)15(13-22)12-19-18-5-3-2-4-14(18)6-11-20(19)24/h2-12,24H,1H3,(H,23,25)/b15-12-. The van der Waals surface area contributed by atoms with Crippen molar-refractivity contribution in [3.63, 3.8) is 0 Å². The summed E-state index contributed by atoms with van der Waals surface area (Å²) >= 11 is 0. The summed E-state index contributed by atoms with van der Waals surface area (Å²) in [6.07, 6.45) is 1.40. The molecule has 3 rings (SSSR count). The minimum atomic E-state index is -0.551. The highest BCUT2D eigenvalue weighted by Gasteiger charge is 2.12. The first-order valence-electron chi connectivity index (χ1n) is 7.90. The second-order valence-electron chi connectivity index (χ2n) is 5.57. The molecule has 5 heteroatoms. The van der Waals surface area contributed by atoms with Crippen LogP contribution in [0.5, 0.6) is 11.5 Å². The lowest BCUT2D eigenvalue weighted by Crippen LogP contribution is -2.13. The number of nitriles is 1. The molecule has 0 aliphatic rings. The molecule has 0 bridgehead atoms. The summed E-state index contributed by atoms with van der Waals surface area (Å²) < 4.78 is 5.07. The molecule has 0 unspecified atom stereocenters. The van der Waals surface area contributed by atoms with Crippen molar-refractivity contribution in [3.05, 3.63) is 71.8 Å². The summed E-state index contributed by atoms with van der Waals surface area (Å²) in [5, 5.41) is 23.9. The fourth-order valence-corrected chi connectivity index (χ4v) is 2.60. The summed E-state index contributed by atoms with van der Waals surface area (Å²) in [6, 6.07) is 19.5. The number of carbonyl (C=O) groups is 1. The number of anilines is 1. The van der Waals surface area contributed by atoms with E-state index in [-0.39, 0.29) is 11.3 Å². The van der Waals surface area contributed by atoms with E-state index in [1.54, 1.807) is 43.5 Å². The first-order valence-corrected chi connectivity index (χ1v) is 7.90. The van der Waals surface area contributed by atoms with Crippen LogP contribution < -0.4 is 10.1 Å². The summed E-state index contributed by atoms with van der Waals surface area (Å²) in [6.45, 7) is 0. The number of aromatic hydroxyl groups is 1. The van der Waals surface area contributed by atoms with Crippen LogP contribution in [0.4, 0.5) is 5.69 Å². The number of fused-ring (bicyclic) bond motifs is 1. The van der Waals surface area contributed by atoms with E-state index in [9.17, 15) is 15.2 Å². The van der Waals surface area contributed by atoms with Gasteiger partial charge < -0.3 is 15.2 Å². The lowest BCUT2D eigenvalue weighted by Gasteiger charge is -2.08. The molecule has 26 heavy (non-hydrogen) atoms. The third-order valence-corrected chi connectivity index (χ3v) is 3.95. The molecule has 0 saturated heterocycles. The van der Waals surface area contributed by atoms with E-state index >= 15 is 0 Å². The van der Waals surface area contributed by atoms with E-state index in [1.165, 1.54) is 6.08 Å². The molecule has 3 aromatic rings. The Kier molecular flexibility index (Phi) is 4.86. The number of carbonyl (C=O) groups excluding carboxylic acids is 1. The largest absolute Gasteiger partial charge is 0.507 e. The molecule has 128 valence electrons. The van der Waals surface area contributed by atoms with E-state index in [0.717, 1.165) is 10.8 Å². The zero-order valence-corrected chi connectivity index (χ0v) is 14.1. The van der Waals surface area contributed by atoms with Crippen molar-refractivity contribution in [3.8, 4) is 17.6 Å². The van der Waals surface area contributed by atoms with Gasteiger partial charge in [0.2, 0.25) is 0 Å². The second kappa shape index (κ2) is 7.41. The number of amides is 1. The zero-order valence-electron chi connectivity index (χ0n) is 14.1. The maximum atomic E-state index is 12.4. The highest BCUT2D eigenvalue weighted by atomic mass is 16.5. The maximum absolute atomic E-state index is 12.4. The molecule has 0 atom stereocenters. The third-order valence-electron chi connectivity index (χ3n) is 3.95. The van der Waals surface area contributed by atoms with Gasteiger partial charge in [0.15, 0.2) is 0 Å². The van der Waals surface area contributed by atoms with Crippen molar-refractivity contribution in [1.29, 1.82) is 5.26 Å². The van der Waals surface area contributed by atoms with Crippen molar-refractivity contribution >= 4 is 28.4 Å². The van der Waals surface area contributed by atoms with Gasteiger partial charge in [0.25, 0.3) is 5.91 Å². The highest BCUT2D eigenvalue weighted by Crippen LogP contribution is 2.29. The Hall–Kier alpha value is -3.78. The number of ether oxygens (including phenoxy) is 1. The summed E-state index contributed by atoms with van der Waals surface area (Å²) in [5.74, 6) is 0.124. The number of benzene rings is 3. The van der Waals surface area contributed by atoms with Gasteiger partial charge in [-0.1, -0.05) is 30.3 Å².